The molecule has 27 heavy (non-hydrogen) atoms. The molecule has 1 aromatic heterocycles. The minimum Gasteiger partial charge on any atom is -0.370 e. The number of halogens is 3. The van der Waals surface area contributed by atoms with Crippen LogP contribution in [0.15, 0.2) is 36.7 Å². The van der Waals surface area contributed by atoms with Gasteiger partial charge in [-0.1, -0.05) is 12.1 Å². The first-order valence-electron chi connectivity index (χ1n) is 9.06. The zero-order chi connectivity index (χ0) is 18.9. The number of anilines is 1. The fraction of sp³-hybridized carbons (Fsp3) is 0.474. The molecule has 2 heterocycles. The average molecular weight is 378 g/mol. The number of nitrogens with one attached hydrogen (secondary N) is 2. The number of nitrogens with zero attached hydrogens (tertiary/aromatic N) is 2. The molecule has 0 spiro atoms. The summed E-state index contributed by atoms with van der Waals surface area (Å²) in [6, 6.07) is 5.07. The van der Waals surface area contributed by atoms with Crippen LogP contribution in [-0.2, 0) is 17.5 Å². The SMILES string of the molecule is FC(F)(F)c1ccc(CO[C@@H]2CNC[C@H]2Nc2ncc(C3CC3)cn2)cc1. The van der Waals surface area contributed by atoms with Crippen molar-refractivity contribution in [1.29, 1.82) is 0 Å². The Labute approximate surface area is 155 Å². The number of ether oxygens (including phenoxy) is 1. The van der Waals surface area contributed by atoms with Gasteiger partial charge in [0.1, 0.15) is 0 Å². The van der Waals surface area contributed by atoms with Crippen LogP contribution in [0.2, 0.25) is 0 Å². The highest BCUT2D eigenvalue weighted by Gasteiger charge is 2.31. The lowest BCUT2D eigenvalue weighted by atomic mass is 10.1. The van der Waals surface area contributed by atoms with Gasteiger partial charge in [0.25, 0.3) is 0 Å². The largest absolute Gasteiger partial charge is 0.416 e. The van der Waals surface area contributed by atoms with E-state index in [2.05, 4.69) is 20.6 Å². The zero-order valence-corrected chi connectivity index (χ0v) is 14.7. The molecule has 2 aromatic rings. The molecule has 2 fully saturated rings. The lowest BCUT2D eigenvalue weighted by molar-refractivity contribution is -0.137. The Balaban J connectivity index is 1.31. The molecule has 2 atom stereocenters. The van der Waals surface area contributed by atoms with Crippen LogP contribution < -0.4 is 10.6 Å². The molecule has 0 unspecified atom stereocenters. The van der Waals surface area contributed by atoms with Crippen molar-refractivity contribution in [3.63, 3.8) is 0 Å². The summed E-state index contributed by atoms with van der Waals surface area (Å²) in [6.07, 6.45) is 1.73. The first-order valence-corrected chi connectivity index (χ1v) is 9.06. The molecule has 1 saturated carbocycles. The van der Waals surface area contributed by atoms with Crippen molar-refractivity contribution in [2.45, 2.75) is 43.7 Å². The second-order valence-corrected chi connectivity index (χ2v) is 7.07. The predicted octanol–water partition coefficient (Wildman–Crippen LogP) is 3.34. The minimum absolute atomic E-state index is 0.00576. The summed E-state index contributed by atoms with van der Waals surface area (Å²) >= 11 is 0. The summed E-state index contributed by atoms with van der Waals surface area (Å²) in [6.45, 7) is 1.63. The van der Waals surface area contributed by atoms with Gasteiger partial charge in [0.05, 0.1) is 24.3 Å². The normalized spacial score (nSPS) is 22.8. The molecule has 2 aliphatic rings. The standard InChI is InChI=1S/C19H21F3N4O/c20-19(21,22)15-5-1-12(2-6-15)11-27-17-10-23-9-16(17)26-18-24-7-14(8-25-18)13-3-4-13/h1-2,5-8,13,16-17,23H,3-4,9-11H2,(H,24,25,26)/t16-,17-/m1/s1. The van der Waals surface area contributed by atoms with Gasteiger partial charge in [0.15, 0.2) is 0 Å². The monoisotopic (exact) mass is 378 g/mol. The lowest BCUT2D eigenvalue weighted by Gasteiger charge is -2.20. The van der Waals surface area contributed by atoms with Gasteiger partial charge < -0.3 is 15.4 Å². The third-order valence-electron chi connectivity index (χ3n) is 4.94. The van der Waals surface area contributed by atoms with Crippen molar-refractivity contribution in [1.82, 2.24) is 15.3 Å². The van der Waals surface area contributed by atoms with Crippen molar-refractivity contribution in [2.75, 3.05) is 18.4 Å². The van der Waals surface area contributed by atoms with Gasteiger partial charge in [-0.15, -0.1) is 0 Å². The van der Waals surface area contributed by atoms with E-state index >= 15 is 0 Å². The fourth-order valence-electron chi connectivity index (χ4n) is 3.17. The van der Waals surface area contributed by atoms with Crippen LogP contribution in [0, 0.1) is 0 Å². The van der Waals surface area contributed by atoms with Gasteiger partial charge in [0, 0.05) is 25.5 Å². The third-order valence-corrected chi connectivity index (χ3v) is 4.94. The van der Waals surface area contributed by atoms with Crippen LogP contribution in [0.5, 0.6) is 0 Å². The number of hydrogen-bond acceptors (Lipinski definition) is 5. The molecule has 1 aliphatic carbocycles. The zero-order valence-electron chi connectivity index (χ0n) is 14.7. The maximum absolute atomic E-state index is 12.6. The van der Waals surface area contributed by atoms with E-state index < -0.39 is 11.7 Å². The first-order chi connectivity index (χ1) is 13.0. The van der Waals surface area contributed by atoms with Crippen LogP contribution in [0.25, 0.3) is 0 Å². The Bertz CT molecular complexity index is 760. The molecule has 1 saturated heterocycles. The summed E-state index contributed by atoms with van der Waals surface area (Å²) in [5.74, 6) is 1.18. The Morgan fingerprint density at radius 3 is 2.41 bits per heavy atom. The molecule has 5 nitrogen and oxygen atoms in total. The van der Waals surface area contributed by atoms with Crippen LogP contribution in [0.3, 0.4) is 0 Å². The van der Waals surface area contributed by atoms with Gasteiger partial charge in [-0.05, 0) is 42.0 Å². The Morgan fingerprint density at radius 1 is 1.07 bits per heavy atom. The molecular formula is C19H21F3N4O. The minimum atomic E-state index is -4.32. The highest BCUT2D eigenvalue weighted by molar-refractivity contribution is 5.30. The molecule has 2 N–H and O–H groups in total. The molecule has 1 aromatic carbocycles. The number of hydrogen-bond donors (Lipinski definition) is 2. The fourth-order valence-corrected chi connectivity index (χ4v) is 3.17. The van der Waals surface area contributed by atoms with E-state index in [4.69, 9.17) is 4.74 Å². The summed E-state index contributed by atoms with van der Waals surface area (Å²) < 4.78 is 43.8. The smallest absolute Gasteiger partial charge is 0.370 e. The summed E-state index contributed by atoms with van der Waals surface area (Å²) in [4.78, 5) is 8.75. The lowest BCUT2D eigenvalue weighted by Crippen LogP contribution is -2.34. The molecule has 8 heteroatoms. The number of alkyl halides is 3. The van der Waals surface area contributed by atoms with E-state index in [0.29, 0.717) is 30.5 Å². The van der Waals surface area contributed by atoms with E-state index in [-0.39, 0.29) is 18.8 Å². The summed E-state index contributed by atoms with van der Waals surface area (Å²) in [7, 11) is 0. The molecular weight excluding hydrogens is 357 g/mol. The van der Waals surface area contributed by atoms with Crippen molar-refractivity contribution >= 4 is 5.95 Å². The van der Waals surface area contributed by atoms with E-state index in [1.165, 1.54) is 30.5 Å². The molecule has 144 valence electrons. The molecule has 1 aliphatic heterocycles. The molecule has 4 rings (SSSR count). The summed E-state index contributed by atoms with van der Waals surface area (Å²) in [5, 5.41) is 6.54. The van der Waals surface area contributed by atoms with Crippen molar-refractivity contribution in [3.8, 4) is 0 Å². The van der Waals surface area contributed by atoms with Crippen molar-refractivity contribution in [3.05, 3.63) is 53.3 Å². The second kappa shape index (κ2) is 7.44. The average Bonchev–Trinajstić information content (AvgIpc) is 3.41. The Morgan fingerprint density at radius 2 is 1.78 bits per heavy atom. The van der Waals surface area contributed by atoms with E-state index in [0.717, 1.165) is 12.1 Å². The quantitative estimate of drug-likeness (QED) is 0.807. The molecule has 0 amide bonds. The molecule has 0 bridgehead atoms. The Hall–Kier alpha value is -2.19. The van der Waals surface area contributed by atoms with Gasteiger partial charge in [-0.2, -0.15) is 13.2 Å². The highest BCUT2D eigenvalue weighted by Crippen LogP contribution is 2.39. The van der Waals surface area contributed by atoms with E-state index in [1.54, 1.807) is 0 Å². The third kappa shape index (κ3) is 4.56. The summed E-state index contributed by atoms with van der Waals surface area (Å²) in [5.41, 5.74) is 1.24. The van der Waals surface area contributed by atoms with Crippen LogP contribution in [-0.4, -0.2) is 35.2 Å². The van der Waals surface area contributed by atoms with E-state index in [1.807, 2.05) is 12.4 Å². The van der Waals surface area contributed by atoms with Gasteiger partial charge >= 0.3 is 6.18 Å². The van der Waals surface area contributed by atoms with Gasteiger partial charge in [-0.3, -0.25) is 0 Å². The van der Waals surface area contributed by atoms with Gasteiger partial charge in [-0.25, -0.2) is 9.97 Å². The maximum atomic E-state index is 12.6. The predicted molar refractivity (Wildman–Crippen MR) is 94.3 cm³/mol. The van der Waals surface area contributed by atoms with E-state index in [9.17, 15) is 13.2 Å². The number of aromatic nitrogens is 2. The molecule has 0 radical (unpaired) electrons. The van der Waals surface area contributed by atoms with Crippen LogP contribution in [0.1, 0.15) is 35.4 Å². The van der Waals surface area contributed by atoms with Crippen LogP contribution >= 0.6 is 0 Å². The van der Waals surface area contributed by atoms with Crippen LogP contribution in [0.4, 0.5) is 19.1 Å². The number of benzene rings is 1. The maximum Gasteiger partial charge on any atom is 0.416 e. The van der Waals surface area contributed by atoms with Crippen molar-refractivity contribution in [2.24, 2.45) is 0 Å². The van der Waals surface area contributed by atoms with Crippen molar-refractivity contribution < 1.29 is 17.9 Å². The number of rotatable bonds is 6. The second-order valence-electron chi connectivity index (χ2n) is 7.07. The first kappa shape index (κ1) is 18.2. The highest BCUT2D eigenvalue weighted by atomic mass is 19.4. The Kier molecular flexibility index (Phi) is 5.01. The topological polar surface area (TPSA) is 59.1 Å². The van der Waals surface area contributed by atoms with Gasteiger partial charge in [0.2, 0.25) is 5.95 Å².